The third-order valence-electron chi connectivity index (χ3n) is 2.72. The molecule has 0 saturated heterocycles. The van der Waals surface area contributed by atoms with Crippen LogP contribution in [-0.2, 0) is 0 Å². The molecule has 5 nitrogen and oxygen atoms in total. The number of hydrogen-bond donors (Lipinski definition) is 3. The summed E-state index contributed by atoms with van der Waals surface area (Å²) < 4.78 is 18.2. The summed E-state index contributed by atoms with van der Waals surface area (Å²) in [5, 5.41) is 14.4. The number of rotatable bonds is 6. The predicted molar refractivity (Wildman–Crippen MR) is 75.4 cm³/mol. The van der Waals surface area contributed by atoms with Crippen molar-refractivity contribution in [2.75, 3.05) is 19.0 Å². The van der Waals surface area contributed by atoms with Crippen molar-refractivity contribution in [3.05, 3.63) is 24.0 Å². The van der Waals surface area contributed by atoms with E-state index in [4.69, 9.17) is 4.74 Å². The Morgan fingerprint density at radius 2 is 2.10 bits per heavy atom. The molecule has 0 aliphatic heterocycles. The van der Waals surface area contributed by atoms with E-state index in [1.54, 1.807) is 6.92 Å². The second kappa shape index (κ2) is 7.69. The molecule has 0 saturated carbocycles. The number of nitrogens with one attached hydrogen (secondary N) is 2. The minimum atomic E-state index is -0.484. The van der Waals surface area contributed by atoms with Crippen molar-refractivity contribution in [1.82, 2.24) is 5.32 Å². The van der Waals surface area contributed by atoms with Gasteiger partial charge in [-0.1, -0.05) is 6.92 Å². The molecule has 1 aromatic carbocycles. The van der Waals surface area contributed by atoms with Crippen LogP contribution >= 0.6 is 0 Å². The summed E-state index contributed by atoms with van der Waals surface area (Å²) in [7, 11) is 1.43. The first-order valence-electron chi connectivity index (χ1n) is 6.48. The van der Waals surface area contributed by atoms with Gasteiger partial charge < -0.3 is 20.5 Å². The lowest BCUT2D eigenvalue weighted by Crippen LogP contribution is -2.33. The number of hydrogen-bond acceptors (Lipinski definition) is 3. The number of aliphatic hydroxyl groups excluding tert-OH is 1. The normalized spacial score (nSPS) is 13.4. The highest BCUT2D eigenvalue weighted by molar-refractivity contribution is 5.89. The maximum absolute atomic E-state index is 13.2. The van der Waals surface area contributed by atoms with Crippen LogP contribution < -0.4 is 15.4 Å². The molecular formula is C14H21FN2O3. The van der Waals surface area contributed by atoms with Gasteiger partial charge in [0.25, 0.3) is 0 Å². The minimum absolute atomic E-state index is 0.155. The maximum Gasteiger partial charge on any atom is 0.319 e. The molecule has 112 valence electrons. The van der Waals surface area contributed by atoms with Crippen LogP contribution in [0.3, 0.4) is 0 Å². The van der Waals surface area contributed by atoms with E-state index in [9.17, 15) is 14.3 Å². The number of carbonyl (C=O) groups excluding carboxylic acids is 1. The van der Waals surface area contributed by atoms with Gasteiger partial charge in [-0.3, -0.25) is 0 Å². The van der Waals surface area contributed by atoms with Crippen LogP contribution in [0.2, 0.25) is 0 Å². The third-order valence-corrected chi connectivity index (χ3v) is 2.72. The van der Waals surface area contributed by atoms with Gasteiger partial charge in [-0.15, -0.1) is 0 Å². The zero-order valence-corrected chi connectivity index (χ0v) is 11.9. The Morgan fingerprint density at radius 1 is 1.40 bits per heavy atom. The molecule has 0 bridgehead atoms. The molecular weight excluding hydrogens is 263 g/mol. The molecule has 2 atom stereocenters. The first-order valence-corrected chi connectivity index (χ1v) is 6.48. The van der Waals surface area contributed by atoms with E-state index in [2.05, 4.69) is 10.6 Å². The lowest BCUT2D eigenvalue weighted by atomic mass is 10.1. The fraction of sp³-hybridized carbons (Fsp3) is 0.500. The fourth-order valence-electron chi connectivity index (χ4n) is 1.86. The summed E-state index contributed by atoms with van der Waals surface area (Å²) in [6, 6.07) is 3.55. The Bertz CT molecular complexity index is 452. The molecule has 0 spiro atoms. The van der Waals surface area contributed by atoms with E-state index >= 15 is 0 Å². The summed E-state index contributed by atoms with van der Waals surface area (Å²) in [6.45, 7) is 4.07. The van der Waals surface area contributed by atoms with Crippen LogP contribution in [0.5, 0.6) is 5.75 Å². The van der Waals surface area contributed by atoms with Crippen LogP contribution in [0.15, 0.2) is 18.2 Å². The molecule has 6 heteroatoms. The van der Waals surface area contributed by atoms with Crippen LogP contribution in [0.4, 0.5) is 14.9 Å². The van der Waals surface area contributed by atoms with E-state index in [0.717, 1.165) is 0 Å². The topological polar surface area (TPSA) is 70.6 Å². The van der Waals surface area contributed by atoms with Gasteiger partial charge in [-0.2, -0.15) is 0 Å². The zero-order chi connectivity index (χ0) is 15.1. The number of amides is 2. The third kappa shape index (κ3) is 5.88. The van der Waals surface area contributed by atoms with Gasteiger partial charge in [0.1, 0.15) is 11.6 Å². The van der Waals surface area contributed by atoms with Gasteiger partial charge in [-0.25, -0.2) is 9.18 Å². The number of aliphatic hydroxyl groups is 1. The molecule has 0 heterocycles. The van der Waals surface area contributed by atoms with Gasteiger partial charge in [0.15, 0.2) is 0 Å². The monoisotopic (exact) mass is 284 g/mol. The van der Waals surface area contributed by atoms with Crippen LogP contribution in [0, 0.1) is 11.7 Å². The Hall–Kier alpha value is -1.82. The van der Waals surface area contributed by atoms with Crippen molar-refractivity contribution in [3.63, 3.8) is 0 Å². The number of methoxy groups -OCH3 is 1. The standard InChI is InChI=1S/C14H21FN2O3/c1-9(4-10(2)18)8-16-14(19)17-12-5-11(15)6-13(7-12)20-3/h5-7,9-10,18H,4,8H2,1-3H3,(H2,16,17,19). The Labute approximate surface area is 118 Å². The summed E-state index contributed by atoms with van der Waals surface area (Å²) in [5.74, 6) is 0.00712. The highest BCUT2D eigenvalue weighted by atomic mass is 19.1. The summed E-state index contributed by atoms with van der Waals surface area (Å²) in [4.78, 5) is 11.7. The number of halogens is 1. The van der Waals surface area contributed by atoms with Crippen molar-refractivity contribution in [1.29, 1.82) is 0 Å². The molecule has 2 amide bonds. The SMILES string of the molecule is COc1cc(F)cc(NC(=O)NCC(C)CC(C)O)c1. The second-order valence-corrected chi connectivity index (χ2v) is 4.90. The second-order valence-electron chi connectivity index (χ2n) is 4.90. The average Bonchev–Trinajstić information content (AvgIpc) is 2.34. The number of carbonyl (C=O) groups is 1. The van der Waals surface area contributed by atoms with E-state index in [1.807, 2.05) is 6.92 Å². The number of ether oxygens (including phenoxy) is 1. The zero-order valence-electron chi connectivity index (χ0n) is 11.9. The lowest BCUT2D eigenvalue weighted by molar-refractivity contribution is 0.163. The van der Waals surface area contributed by atoms with Crippen LogP contribution in [0.25, 0.3) is 0 Å². The summed E-state index contributed by atoms with van der Waals surface area (Å²) >= 11 is 0. The molecule has 20 heavy (non-hydrogen) atoms. The lowest BCUT2D eigenvalue weighted by Gasteiger charge is -2.15. The smallest absolute Gasteiger partial charge is 0.319 e. The Balaban J connectivity index is 2.48. The number of urea groups is 1. The maximum atomic E-state index is 13.2. The Morgan fingerprint density at radius 3 is 2.70 bits per heavy atom. The van der Waals surface area contributed by atoms with Crippen molar-refractivity contribution in [2.45, 2.75) is 26.4 Å². The highest BCUT2D eigenvalue weighted by Gasteiger charge is 2.09. The predicted octanol–water partition coefficient (Wildman–Crippen LogP) is 2.36. The first kappa shape index (κ1) is 16.2. The van der Waals surface area contributed by atoms with E-state index in [0.29, 0.717) is 24.4 Å². The molecule has 1 rings (SSSR count). The van der Waals surface area contributed by atoms with Gasteiger partial charge >= 0.3 is 6.03 Å². The number of anilines is 1. The van der Waals surface area contributed by atoms with Crippen molar-refractivity contribution >= 4 is 11.7 Å². The van der Waals surface area contributed by atoms with Crippen molar-refractivity contribution in [2.24, 2.45) is 5.92 Å². The largest absolute Gasteiger partial charge is 0.497 e. The minimum Gasteiger partial charge on any atom is -0.497 e. The van der Waals surface area contributed by atoms with E-state index < -0.39 is 18.0 Å². The highest BCUT2D eigenvalue weighted by Crippen LogP contribution is 2.19. The quantitative estimate of drug-likeness (QED) is 0.751. The van der Waals surface area contributed by atoms with E-state index in [-0.39, 0.29) is 5.92 Å². The van der Waals surface area contributed by atoms with Crippen LogP contribution in [0.1, 0.15) is 20.3 Å². The van der Waals surface area contributed by atoms with Gasteiger partial charge in [0.2, 0.25) is 0 Å². The average molecular weight is 284 g/mol. The van der Waals surface area contributed by atoms with Crippen LogP contribution in [-0.4, -0.2) is 30.9 Å². The van der Waals surface area contributed by atoms with Crippen molar-refractivity contribution < 1.29 is 19.0 Å². The van der Waals surface area contributed by atoms with E-state index in [1.165, 1.54) is 25.3 Å². The fourth-order valence-corrected chi connectivity index (χ4v) is 1.86. The molecule has 0 aliphatic carbocycles. The molecule has 0 fully saturated rings. The Kier molecular flexibility index (Phi) is 6.24. The van der Waals surface area contributed by atoms with Gasteiger partial charge in [0, 0.05) is 24.4 Å². The summed E-state index contributed by atoms with van der Waals surface area (Å²) in [5.41, 5.74) is 0.322. The molecule has 3 N–H and O–H groups in total. The molecule has 2 unspecified atom stereocenters. The van der Waals surface area contributed by atoms with Crippen molar-refractivity contribution in [3.8, 4) is 5.75 Å². The first-order chi connectivity index (χ1) is 9.40. The molecule has 0 radical (unpaired) electrons. The molecule has 0 aromatic heterocycles. The van der Waals surface area contributed by atoms with Gasteiger partial charge in [-0.05, 0) is 25.3 Å². The number of benzene rings is 1. The summed E-state index contributed by atoms with van der Waals surface area (Å²) in [6.07, 6.45) is 0.205. The van der Waals surface area contributed by atoms with Gasteiger partial charge in [0.05, 0.1) is 13.2 Å². The molecule has 1 aromatic rings. The molecule has 0 aliphatic rings.